The molecule has 2 N–H and O–H groups in total. The number of ether oxygens (including phenoxy) is 1. The van der Waals surface area contributed by atoms with Gasteiger partial charge in [-0.2, -0.15) is 5.10 Å². The zero-order valence-electron chi connectivity index (χ0n) is 10.3. The number of hydrogen-bond acceptors (Lipinski definition) is 3. The first-order valence-electron chi connectivity index (χ1n) is 5.86. The van der Waals surface area contributed by atoms with Crippen molar-refractivity contribution in [3.63, 3.8) is 0 Å². The van der Waals surface area contributed by atoms with Crippen molar-refractivity contribution < 1.29 is 4.74 Å². The molecule has 6 heteroatoms. The Morgan fingerprint density at radius 3 is 3.00 bits per heavy atom. The molecule has 1 aromatic heterocycles. The van der Waals surface area contributed by atoms with E-state index in [-0.39, 0.29) is 0 Å². The number of halogens is 1. The molecule has 0 radical (unpaired) electrons. The van der Waals surface area contributed by atoms with Gasteiger partial charge in [-0.1, -0.05) is 24.4 Å². The van der Waals surface area contributed by atoms with Crippen LogP contribution in [0.25, 0.3) is 0 Å². The van der Waals surface area contributed by atoms with Crippen LogP contribution in [0.15, 0.2) is 36.7 Å². The lowest BCUT2D eigenvalue weighted by Crippen LogP contribution is -2.09. The molecule has 100 valence electrons. The minimum absolute atomic E-state index is 0.386. The molecule has 4 nitrogen and oxygen atoms in total. The van der Waals surface area contributed by atoms with Crippen LogP contribution in [0, 0.1) is 3.57 Å². The van der Waals surface area contributed by atoms with Crippen molar-refractivity contribution >= 4 is 39.8 Å². The van der Waals surface area contributed by atoms with E-state index in [4.69, 9.17) is 22.7 Å². The van der Waals surface area contributed by atoms with Crippen LogP contribution in [0.2, 0.25) is 0 Å². The summed E-state index contributed by atoms with van der Waals surface area (Å²) in [5, 5.41) is 4.22. The Morgan fingerprint density at radius 1 is 1.47 bits per heavy atom. The summed E-state index contributed by atoms with van der Waals surface area (Å²) in [6, 6.07) is 7.53. The van der Waals surface area contributed by atoms with Crippen molar-refractivity contribution in [3.8, 4) is 5.75 Å². The predicted octanol–water partition coefficient (Wildman–Crippen LogP) is 2.59. The van der Waals surface area contributed by atoms with Crippen LogP contribution < -0.4 is 10.5 Å². The third kappa shape index (κ3) is 4.46. The highest BCUT2D eigenvalue weighted by molar-refractivity contribution is 14.1. The number of thiocarbonyl (C=S) groups is 1. The largest absolute Gasteiger partial charge is 0.494 e. The number of nitrogens with zero attached hydrogens (tertiary/aromatic N) is 2. The highest BCUT2D eigenvalue weighted by Gasteiger charge is 2.00. The molecule has 0 aliphatic heterocycles. The summed E-state index contributed by atoms with van der Waals surface area (Å²) in [5.41, 5.74) is 6.41. The quantitative estimate of drug-likeness (QED) is 0.471. The number of nitrogens with two attached hydrogens (primary N) is 1. The number of benzene rings is 1. The minimum Gasteiger partial charge on any atom is -0.494 e. The molecule has 0 aliphatic carbocycles. The second-order valence-electron chi connectivity index (χ2n) is 4.02. The number of aryl methyl sites for hydroxylation is 1. The molecule has 0 fully saturated rings. The van der Waals surface area contributed by atoms with Gasteiger partial charge in [-0.25, -0.2) is 0 Å². The summed E-state index contributed by atoms with van der Waals surface area (Å²) in [7, 11) is 0. The summed E-state index contributed by atoms with van der Waals surface area (Å²) in [4.78, 5) is 0.386. The van der Waals surface area contributed by atoms with Gasteiger partial charge >= 0.3 is 0 Å². The van der Waals surface area contributed by atoms with Gasteiger partial charge < -0.3 is 10.5 Å². The molecule has 2 aromatic rings. The molecule has 0 bridgehead atoms. The summed E-state index contributed by atoms with van der Waals surface area (Å²) in [5.74, 6) is 0.792. The fourth-order valence-corrected chi connectivity index (χ4v) is 2.19. The van der Waals surface area contributed by atoms with Crippen molar-refractivity contribution in [3.05, 3.63) is 45.8 Å². The van der Waals surface area contributed by atoms with E-state index >= 15 is 0 Å². The maximum Gasteiger partial charge on any atom is 0.119 e. The van der Waals surface area contributed by atoms with Crippen LogP contribution in [-0.2, 0) is 6.54 Å². The Morgan fingerprint density at radius 2 is 2.32 bits per heavy atom. The topological polar surface area (TPSA) is 53.1 Å². The van der Waals surface area contributed by atoms with E-state index in [1.165, 1.54) is 0 Å². The van der Waals surface area contributed by atoms with E-state index in [0.29, 0.717) is 11.6 Å². The monoisotopic (exact) mass is 387 g/mol. The zero-order chi connectivity index (χ0) is 13.7. The van der Waals surface area contributed by atoms with Crippen molar-refractivity contribution in [2.75, 3.05) is 6.61 Å². The molecule has 19 heavy (non-hydrogen) atoms. The van der Waals surface area contributed by atoms with Crippen molar-refractivity contribution in [2.24, 2.45) is 5.73 Å². The van der Waals surface area contributed by atoms with Crippen molar-refractivity contribution in [2.45, 2.75) is 13.0 Å². The van der Waals surface area contributed by atoms with Gasteiger partial charge in [0.2, 0.25) is 0 Å². The Labute approximate surface area is 131 Å². The van der Waals surface area contributed by atoms with Crippen molar-refractivity contribution in [1.29, 1.82) is 0 Å². The number of rotatable bonds is 6. The Kier molecular flexibility index (Phi) is 5.15. The maximum absolute atomic E-state index is 5.67. The van der Waals surface area contributed by atoms with E-state index in [1.807, 2.05) is 41.3 Å². The van der Waals surface area contributed by atoms with Gasteiger partial charge in [-0.3, -0.25) is 4.68 Å². The Hall–Kier alpha value is -1.15. The maximum atomic E-state index is 5.67. The van der Waals surface area contributed by atoms with Crippen LogP contribution in [0.1, 0.15) is 12.0 Å². The van der Waals surface area contributed by atoms with Crippen LogP contribution >= 0.6 is 34.8 Å². The lowest BCUT2D eigenvalue weighted by molar-refractivity contribution is 0.298. The second-order valence-corrected chi connectivity index (χ2v) is 5.70. The lowest BCUT2D eigenvalue weighted by Gasteiger charge is -2.07. The SMILES string of the molecule is NC(=S)c1cccc(OCCCn2cc(I)cn2)c1. The smallest absolute Gasteiger partial charge is 0.119 e. The Bertz CT molecular complexity index is 571. The van der Waals surface area contributed by atoms with Crippen LogP contribution in [0.3, 0.4) is 0 Å². The molecular weight excluding hydrogens is 373 g/mol. The van der Waals surface area contributed by atoms with Crippen LogP contribution in [0.5, 0.6) is 5.75 Å². The van der Waals surface area contributed by atoms with Gasteiger partial charge in [0.25, 0.3) is 0 Å². The lowest BCUT2D eigenvalue weighted by atomic mass is 10.2. The van der Waals surface area contributed by atoms with Crippen LogP contribution in [-0.4, -0.2) is 21.4 Å². The summed E-state index contributed by atoms with van der Waals surface area (Å²) >= 11 is 7.18. The van der Waals surface area contributed by atoms with E-state index in [9.17, 15) is 0 Å². The van der Waals surface area contributed by atoms with Crippen molar-refractivity contribution in [1.82, 2.24) is 9.78 Å². The normalized spacial score (nSPS) is 10.4. The standard InChI is InChI=1S/C13H14IN3OS/c14-11-8-16-17(9-11)5-2-6-18-12-4-1-3-10(7-12)13(15)19/h1,3-4,7-9H,2,5-6H2,(H2,15,19). The molecule has 1 aromatic carbocycles. The summed E-state index contributed by atoms with van der Waals surface area (Å²) in [6.45, 7) is 1.48. The molecule has 0 amide bonds. The fraction of sp³-hybridized carbons (Fsp3) is 0.231. The average Bonchev–Trinajstić information content (AvgIpc) is 2.81. The van der Waals surface area contributed by atoms with Crippen LogP contribution in [0.4, 0.5) is 0 Å². The van der Waals surface area contributed by atoms with Gasteiger partial charge in [0.15, 0.2) is 0 Å². The number of aromatic nitrogens is 2. The van der Waals surface area contributed by atoms with E-state index in [1.54, 1.807) is 0 Å². The Balaban J connectivity index is 1.79. The average molecular weight is 387 g/mol. The van der Waals surface area contributed by atoms with E-state index < -0.39 is 0 Å². The third-order valence-corrected chi connectivity index (χ3v) is 3.31. The molecule has 0 saturated carbocycles. The minimum atomic E-state index is 0.386. The highest BCUT2D eigenvalue weighted by Crippen LogP contribution is 2.13. The second kappa shape index (κ2) is 6.85. The molecule has 2 rings (SSSR count). The molecule has 0 unspecified atom stereocenters. The predicted molar refractivity (Wildman–Crippen MR) is 87.4 cm³/mol. The first-order chi connectivity index (χ1) is 9.15. The molecule has 1 heterocycles. The fourth-order valence-electron chi connectivity index (χ4n) is 1.62. The highest BCUT2D eigenvalue weighted by atomic mass is 127. The zero-order valence-corrected chi connectivity index (χ0v) is 13.2. The van der Waals surface area contributed by atoms with Gasteiger partial charge in [0, 0.05) is 24.7 Å². The first kappa shape index (κ1) is 14.3. The first-order valence-corrected chi connectivity index (χ1v) is 7.34. The van der Waals surface area contributed by atoms with E-state index in [0.717, 1.165) is 27.8 Å². The van der Waals surface area contributed by atoms with Gasteiger partial charge in [-0.15, -0.1) is 0 Å². The molecular formula is C13H14IN3OS. The van der Waals surface area contributed by atoms with Gasteiger partial charge in [-0.05, 0) is 34.7 Å². The van der Waals surface area contributed by atoms with Gasteiger partial charge in [0.05, 0.1) is 16.4 Å². The van der Waals surface area contributed by atoms with Gasteiger partial charge in [0.1, 0.15) is 10.7 Å². The summed E-state index contributed by atoms with van der Waals surface area (Å²) in [6.07, 6.45) is 4.75. The summed E-state index contributed by atoms with van der Waals surface area (Å²) < 4.78 is 8.72. The molecule has 0 atom stereocenters. The molecule has 0 spiro atoms. The number of hydrogen-bond donors (Lipinski definition) is 1. The third-order valence-electron chi connectivity index (χ3n) is 2.52. The molecule has 0 saturated heterocycles. The van der Waals surface area contributed by atoms with E-state index in [2.05, 4.69) is 27.7 Å². The molecule has 0 aliphatic rings.